The molecular weight excluding hydrogens is 304 g/mol. The van der Waals surface area contributed by atoms with Gasteiger partial charge in [0.25, 0.3) is 0 Å². The van der Waals surface area contributed by atoms with E-state index in [2.05, 4.69) is 13.8 Å². The van der Waals surface area contributed by atoms with Crippen molar-refractivity contribution in [2.75, 3.05) is 0 Å². The summed E-state index contributed by atoms with van der Waals surface area (Å²) in [4.78, 5) is 0. The normalized spacial score (nSPS) is 12.6. The Labute approximate surface area is 160 Å². The van der Waals surface area contributed by atoms with E-state index in [0.29, 0.717) is 0 Å². The summed E-state index contributed by atoms with van der Waals surface area (Å²) in [6.45, 7) is 5.91. The van der Waals surface area contributed by atoms with E-state index in [1.807, 2.05) is 0 Å². The molecule has 0 rings (SSSR count). The third-order valence-corrected chi connectivity index (χ3v) is 5.39. The maximum absolute atomic E-state index is 9.09. The van der Waals surface area contributed by atoms with E-state index in [-0.39, 0.29) is 6.10 Å². The predicted molar refractivity (Wildman–Crippen MR) is 114 cm³/mol. The number of aliphatic hydroxyl groups is 1. The fourth-order valence-corrected chi connectivity index (χ4v) is 3.64. The van der Waals surface area contributed by atoms with Gasteiger partial charge in [-0.15, -0.1) is 0 Å². The van der Waals surface area contributed by atoms with Crippen LogP contribution in [0, 0.1) is 6.92 Å². The Bertz CT molecular complexity index is 224. The van der Waals surface area contributed by atoms with Gasteiger partial charge in [-0.05, 0) is 13.3 Å². The van der Waals surface area contributed by atoms with Crippen molar-refractivity contribution in [3.05, 3.63) is 6.92 Å². The van der Waals surface area contributed by atoms with Crippen LogP contribution in [0.2, 0.25) is 0 Å². The molecule has 0 fully saturated rings. The molecule has 0 amide bonds. The van der Waals surface area contributed by atoms with Crippen molar-refractivity contribution in [3.8, 4) is 0 Å². The van der Waals surface area contributed by atoms with Crippen molar-refractivity contribution < 1.29 is 5.11 Å². The lowest BCUT2D eigenvalue weighted by molar-refractivity contribution is 0.205. The van der Waals surface area contributed by atoms with Crippen LogP contribution in [0.25, 0.3) is 0 Å². The van der Waals surface area contributed by atoms with Gasteiger partial charge in [0.1, 0.15) is 0 Å². The van der Waals surface area contributed by atoms with Crippen LogP contribution >= 0.6 is 0 Å². The van der Waals surface area contributed by atoms with Gasteiger partial charge in [0.2, 0.25) is 0 Å². The van der Waals surface area contributed by atoms with Crippen molar-refractivity contribution in [3.63, 3.8) is 0 Å². The monoisotopic (exact) mass is 353 g/mol. The van der Waals surface area contributed by atoms with Crippen molar-refractivity contribution >= 4 is 0 Å². The zero-order valence-electron chi connectivity index (χ0n) is 17.6. The van der Waals surface area contributed by atoms with Crippen LogP contribution < -0.4 is 0 Å². The number of hydrogen-bond donors (Lipinski definition) is 1. The van der Waals surface area contributed by atoms with Gasteiger partial charge in [0.05, 0.1) is 6.10 Å². The third-order valence-electron chi connectivity index (χ3n) is 5.39. The van der Waals surface area contributed by atoms with Crippen LogP contribution in [0.4, 0.5) is 0 Å². The molecule has 1 heteroatoms. The van der Waals surface area contributed by atoms with Crippen molar-refractivity contribution in [1.82, 2.24) is 0 Å². The van der Waals surface area contributed by atoms with E-state index in [0.717, 1.165) is 12.8 Å². The molecule has 25 heavy (non-hydrogen) atoms. The van der Waals surface area contributed by atoms with Crippen LogP contribution in [-0.4, -0.2) is 11.2 Å². The third kappa shape index (κ3) is 24.0. The molecule has 1 radical (unpaired) electrons. The molecule has 1 nitrogen and oxygen atoms in total. The Hall–Kier alpha value is -0.0400. The van der Waals surface area contributed by atoms with Crippen LogP contribution in [0.1, 0.15) is 142 Å². The van der Waals surface area contributed by atoms with Gasteiger partial charge >= 0.3 is 0 Å². The topological polar surface area (TPSA) is 20.2 Å². The highest BCUT2D eigenvalue weighted by molar-refractivity contribution is 4.56. The van der Waals surface area contributed by atoms with Crippen molar-refractivity contribution in [2.45, 2.75) is 148 Å². The van der Waals surface area contributed by atoms with E-state index in [1.165, 1.54) is 122 Å². The molecule has 0 heterocycles. The van der Waals surface area contributed by atoms with E-state index in [9.17, 15) is 0 Å². The number of aliphatic hydroxyl groups excluding tert-OH is 1. The SMILES string of the molecule is [CH2]C(O)CCCCCCCCCCCCCCCCCCCCCC. The minimum Gasteiger partial charge on any atom is -0.393 e. The maximum Gasteiger partial charge on any atom is 0.0541 e. The van der Waals surface area contributed by atoms with Gasteiger partial charge in [-0.25, -0.2) is 0 Å². The summed E-state index contributed by atoms with van der Waals surface area (Å²) in [5.41, 5.74) is 0. The summed E-state index contributed by atoms with van der Waals surface area (Å²) in [6, 6.07) is 0. The summed E-state index contributed by atoms with van der Waals surface area (Å²) >= 11 is 0. The second kappa shape index (κ2) is 22.0. The van der Waals surface area contributed by atoms with Crippen LogP contribution in [0.5, 0.6) is 0 Å². The molecule has 1 atom stereocenters. The first-order valence-corrected chi connectivity index (χ1v) is 11.8. The molecule has 1 N–H and O–H groups in total. The van der Waals surface area contributed by atoms with Crippen LogP contribution in [-0.2, 0) is 0 Å². The van der Waals surface area contributed by atoms with Gasteiger partial charge in [0.15, 0.2) is 0 Å². The van der Waals surface area contributed by atoms with Gasteiger partial charge < -0.3 is 5.11 Å². The van der Waals surface area contributed by atoms with Crippen molar-refractivity contribution in [1.29, 1.82) is 0 Å². The first-order valence-electron chi connectivity index (χ1n) is 11.8. The highest BCUT2D eigenvalue weighted by atomic mass is 16.3. The van der Waals surface area contributed by atoms with Crippen LogP contribution in [0.15, 0.2) is 0 Å². The molecular formula is C24H49O. The largest absolute Gasteiger partial charge is 0.393 e. The second-order valence-electron chi connectivity index (χ2n) is 8.16. The van der Waals surface area contributed by atoms with Crippen molar-refractivity contribution in [2.24, 2.45) is 0 Å². The van der Waals surface area contributed by atoms with Gasteiger partial charge in [-0.1, -0.05) is 135 Å². The molecule has 0 aliphatic carbocycles. The lowest BCUT2D eigenvalue weighted by Crippen LogP contribution is -1.98. The average molecular weight is 354 g/mol. The molecule has 0 bridgehead atoms. The summed E-state index contributed by atoms with van der Waals surface area (Å²) < 4.78 is 0. The second-order valence-corrected chi connectivity index (χ2v) is 8.16. The molecule has 0 saturated heterocycles. The number of rotatable bonds is 21. The Morgan fingerprint density at radius 2 is 0.720 bits per heavy atom. The minimum absolute atomic E-state index is 0.351. The molecule has 0 aliphatic heterocycles. The predicted octanol–water partition coefficient (Wildman–Crippen LogP) is 8.39. The molecule has 0 spiro atoms. The highest BCUT2D eigenvalue weighted by Gasteiger charge is 1.97. The lowest BCUT2D eigenvalue weighted by Gasteiger charge is -2.05. The van der Waals surface area contributed by atoms with E-state index >= 15 is 0 Å². The molecule has 0 saturated carbocycles. The molecule has 1 unspecified atom stereocenters. The lowest BCUT2D eigenvalue weighted by atomic mass is 10.0. The number of unbranched alkanes of at least 4 members (excludes halogenated alkanes) is 19. The fourth-order valence-electron chi connectivity index (χ4n) is 3.64. The maximum atomic E-state index is 9.09. The van der Waals surface area contributed by atoms with Gasteiger partial charge in [-0.2, -0.15) is 0 Å². The fraction of sp³-hybridized carbons (Fsp3) is 0.958. The Morgan fingerprint density at radius 1 is 0.480 bits per heavy atom. The molecule has 0 aromatic rings. The minimum atomic E-state index is -0.351. The molecule has 0 aromatic heterocycles. The van der Waals surface area contributed by atoms with E-state index in [1.54, 1.807) is 0 Å². The summed E-state index contributed by atoms with van der Waals surface area (Å²) in [7, 11) is 0. The van der Waals surface area contributed by atoms with E-state index in [4.69, 9.17) is 5.11 Å². The summed E-state index contributed by atoms with van der Waals surface area (Å²) in [5, 5.41) is 9.09. The Balaban J connectivity index is 2.96. The molecule has 0 aromatic carbocycles. The Morgan fingerprint density at radius 3 is 0.960 bits per heavy atom. The Kier molecular flexibility index (Phi) is 22.0. The van der Waals surface area contributed by atoms with Crippen LogP contribution in [0.3, 0.4) is 0 Å². The first kappa shape index (κ1) is 25.0. The number of hydrogen-bond acceptors (Lipinski definition) is 1. The zero-order chi connectivity index (χ0) is 18.4. The smallest absolute Gasteiger partial charge is 0.0541 e. The highest BCUT2D eigenvalue weighted by Crippen LogP contribution is 2.15. The van der Waals surface area contributed by atoms with E-state index < -0.39 is 0 Å². The van der Waals surface area contributed by atoms with Gasteiger partial charge in [-0.3, -0.25) is 0 Å². The molecule has 0 aliphatic rings. The average Bonchev–Trinajstić information content (AvgIpc) is 2.60. The zero-order valence-corrected chi connectivity index (χ0v) is 17.6. The standard InChI is InChI=1S/C24H49O/c1-3-4-5-6-7-8-9-10-11-12-13-14-15-16-17-18-19-20-21-22-23-24(2)25/h24-25H,2-23H2,1H3. The quantitative estimate of drug-likeness (QED) is 0.205. The summed E-state index contributed by atoms with van der Waals surface area (Å²) in [6.07, 6.45) is 28.8. The molecule has 151 valence electrons. The van der Waals surface area contributed by atoms with Gasteiger partial charge in [0, 0.05) is 0 Å². The summed E-state index contributed by atoms with van der Waals surface area (Å²) in [5.74, 6) is 0. The first-order chi connectivity index (χ1) is 12.3.